The van der Waals surface area contributed by atoms with Gasteiger partial charge in [0.25, 0.3) is 0 Å². The smallest absolute Gasteiger partial charge is 0.123 e. The fraction of sp³-hybridized carbons (Fsp3) is 0.571. The number of hydrogen-bond acceptors (Lipinski definition) is 5. The molecule has 0 spiro atoms. The Balaban J connectivity index is 2.86. The van der Waals surface area contributed by atoms with E-state index in [-0.39, 0.29) is 6.54 Å². The highest BCUT2D eigenvalue weighted by atomic mass is 16.5. The lowest BCUT2D eigenvalue weighted by atomic mass is 10.1. The zero-order valence-corrected chi connectivity index (χ0v) is 12.1. The number of methoxy groups -OCH3 is 2. The third kappa shape index (κ3) is 4.38. The van der Waals surface area contributed by atoms with Crippen LogP contribution in [0.25, 0.3) is 0 Å². The minimum Gasteiger partial charge on any atom is -0.496 e. The van der Waals surface area contributed by atoms with Gasteiger partial charge in [-0.25, -0.2) is 0 Å². The van der Waals surface area contributed by atoms with Gasteiger partial charge in [0.1, 0.15) is 11.5 Å². The average molecular weight is 268 g/mol. The van der Waals surface area contributed by atoms with Gasteiger partial charge in [0.2, 0.25) is 0 Å². The predicted octanol–water partition coefficient (Wildman–Crippen LogP) is 0.764. The molecule has 0 heterocycles. The number of aliphatic hydroxyl groups excluding tert-OH is 1. The van der Waals surface area contributed by atoms with Crippen molar-refractivity contribution in [2.24, 2.45) is 5.73 Å². The summed E-state index contributed by atoms with van der Waals surface area (Å²) in [5, 5.41) is 9.56. The molecule has 0 saturated heterocycles. The predicted molar refractivity (Wildman–Crippen MR) is 75.7 cm³/mol. The van der Waals surface area contributed by atoms with E-state index in [0.717, 1.165) is 22.6 Å². The van der Waals surface area contributed by atoms with Crippen LogP contribution in [0.1, 0.15) is 11.1 Å². The monoisotopic (exact) mass is 268 g/mol. The van der Waals surface area contributed by atoms with E-state index in [1.165, 1.54) is 0 Å². The average Bonchev–Trinajstić information content (AvgIpc) is 2.39. The largest absolute Gasteiger partial charge is 0.496 e. The fourth-order valence-corrected chi connectivity index (χ4v) is 2.03. The minimum absolute atomic E-state index is 0.263. The summed E-state index contributed by atoms with van der Waals surface area (Å²) in [6.45, 7) is 3.43. The molecule has 5 heteroatoms. The molecule has 0 amide bonds. The van der Waals surface area contributed by atoms with Gasteiger partial charge in [0, 0.05) is 25.2 Å². The van der Waals surface area contributed by atoms with Gasteiger partial charge in [0.05, 0.1) is 20.3 Å². The maximum Gasteiger partial charge on any atom is 0.123 e. The normalized spacial score (nSPS) is 12.6. The van der Waals surface area contributed by atoms with Crippen LogP contribution in [0.4, 0.5) is 0 Å². The molecule has 0 aliphatic heterocycles. The summed E-state index contributed by atoms with van der Waals surface area (Å²) in [5.41, 5.74) is 7.47. The molecule has 19 heavy (non-hydrogen) atoms. The number of benzene rings is 1. The molecule has 0 radical (unpaired) electrons. The van der Waals surface area contributed by atoms with Gasteiger partial charge >= 0.3 is 0 Å². The van der Waals surface area contributed by atoms with Crippen molar-refractivity contribution in [1.82, 2.24) is 4.90 Å². The zero-order valence-electron chi connectivity index (χ0n) is 12.1. The second kappa shape index (κ2) is 7.33. The van der Waals surface area contributed by atoms with Crippen LogP contribution in [0.2, 0.25) is 0 Å². The molecule has 1 aromatic rings. The third-order valence-electron chi connectivity index (χ3n) is 3.03. The molecule has 3 N–H and O–H groups in total. The highest BCUT2D eigenvalue weighted by Crippen LogP contribution is 2.28. The number of rotatable bonds is 7. The van der Waals surface area contributed by atoms with Gasteiger partial charge in [-0.3, -0.25) is 4.90 Å². The topological polar surface area (TPSA) is 68.0 Å². The van der Waals surface area contributed by atoms with Gasteiger partial charge in [-0.2, -0.15) is 0 Å². The van der Waals surface area contributed by atoms with E-state index in [4.69, 9.17) is 15.2 Å². The molecule has 0 saturated carbocycles. The number of ether oxygens (including phenoxy) is 2. The molecule has 0 aromatic heterocycles. The van der Waals surface area contributed by atoms with Crippen molar-refractivity contribution in [3.8, 4) is 11.5 Å². The van der Waals surface area contributed by atoms with Crippen LogP contribution in [0.3, 0.4) is 0 Å². The van der Waals surface area contributed by atoms with Crippen molar-refractivity contribution in [1.29, 1.82) is 0 Å². The van der Waals surface area contributed by atoms with Crippen molar-refractivity contribution >= 4 is 0 Å². The molecule has 1 aromatic carbocycles. The number of likely N-dealkylation sites (N-methyl/N-ethyl adjacent to an activating group) is 1. The van der Waals surface area contributed by atoms with Crippen molar-refractivity contribution in [3.63, 3.8) is 0 Å². The van der Waals surface area contributed by atoms with Crippen molar-refractivity contribution < 1.29 is 14.6 Å². The Labute approximate surface area is 114 Å². The first-order valence-corrected chi connectivity index (χ1v) is 6.30. The second-order valence-corrected chi connectivity index (χ2v) is 4.72. The van der Waals surface area contributed by atoms with E-state index in [0.29, 0.717) is 13.1 Å². The molecule has 1 unspecified atom stereocenters. The Hall–Kier alpha value is -1.30. The molecule has 0 bridgehead atoms. The molecule has 0 aliphatic rings. The summed E-state index contributed by atoms with van der Waals surface area (Å²) in [6.07, 6.45) is -0.511. The Kier molecular flexibility index (Phi) is 6.08. The highest BCUT2D eigenvalue weighted by Gasteiger charge is 2.12. The van der Waals surface area contributed by atoms with Crippen molar-refractivity contribution in [3.05, 3.63) is 23.3 Å². The molecule has 0 fully saturated rings. The van der Waals surface area contributed by atoms with Crippen LogP contribution >= 0.6 is 0 Å². The Bertz CT molecular complexity index is 410. The number of nitrogens with two attached hydrogens (primary N) is 1. The standard InChI is InChI=1S/C14H24N2O3/c1-10-5-14(19-4)11(6-13(10)18-3)8-16(2)9-12(17)7-15/h5-6,12,17H,7-9,15H2,1-4H3. The highest BCUT2D eigenvalue weighted by molar-refractivity contribution is 5.45. The van der Waals surface area contributed by atoms with E-state index >= 15 is 0 Å². The van der Waals surface area contributed by atoms with E-state index < -0.39 is 6.10 Å². The van der Waals surface area contributed by atoms with Crippen molar-refractivity contribution in [2.45, 2.75) is 19.6 Å². The summed E-state index contributed by atoms with van der Waals surface area (Å²) in [5.74, 6) is 1.66. The number of hydrogen-bond donors (Lipinski definition) is 2. The lowest BCUT2D eigenvalue weighted by Crippen LogP contribution is -2.33. The fourth-order valence-electron chi connectivity index (χ4n) is 2.03. The summed E-state index contributed by atoms with van der Waals surface area (Å²) in [6, 6.07) is 3.93. The van der Waals surface area contributed by atoms with Crippen LogP contribution in [0, 0.1) is 6.92 Å². The van der Waals surface area contributed by atoms with Crippen molar-refractivity contribution in [2.75, 3.05) is 34.4 Å². The first kappa shape index (κ1) is 15.8. The van der Waals surface area contributed by atoms with Crippen LogP contribution in [-0.4, -0.2) is 50.5 Å². The van der Waals surface area contributed by atoms with Crippen LogP contribution in [0.15, 0.2) is 12.1 Å². The first-order valence-electron chi connectivity index (χ1n) is 6.30. The summed E-state index contributed by atoms with van der Waals surface area (Å²) in [4.78, 5) is 2.00. The Morgan fingerprint density at radius 1 is 1.26 bits per heavy atom. The second-order valence-electron chi connectivity index (χ2n) is 4.72. The van der Waals surface area contributed by atoms with Gasteiger partial charge < -0.3 is 20.3 Å². The lowest BCUT2D eigenvalue weighted by Gasteiger charge is -2.21. The van der Waals surface area contributed by atoms with Crippen LogP contribution < -0.4 is 15.2 Å². The molecular formula is C14H24N2O3. The zero-order chi connectivity index (χ0) is 14.4. The summed E-state index contributed by atoms with van der Waals surface area (Å²) >= 11 is 0. The van der Waals surface area contributed by atoms with E-state index in [2.05, 4.69) is 0 Å². The molecule has 1 rings (SSSR count). The van der Waals surface area contributed by atoms with E-state index in [1.807, 2.05) is 31.0 Å². The van der Waals surface area contributed by atoms with Gasteiger partial charge in [-0.1, -0.05) is 0 Å². The molecule has 1 atom stereocenters. The maximum absolute atomic E-state index is 9.56. The SMILES string of the molecule is COc1cc(CN(C)CC(O)CN)c(OC)cc1C. The maximum atomic E-state index is 9.56. The van der Waals surface area contributed by atoms with Crippen LogP contribution in [-0.2, 0) is 6.54 Å². The minimum atomic E-state index is -0.511. The molecule has 5 nitrogen and oxygen atoms in total. The third-order valence-corrected chi connectivity index (χ3v) is 3.03. The quantitative estimate of drug-likeness (QED) is 0.764. The summed E-state index contributed by atoms with van der Waals surface area (Å²) in [7, 11) is 5.24. The van der Waals surface area contributed by atoms with Gasteiger partial charge in [0.15, 0.2) is 0 Å². The molecule has 0 aliphatic carbocycles. The Morgan fingerprint density at radius 2 is 1.89 bits per heavy atom. The molecule has 108 valence electrons. The number of nitrogens with zero attached hydrogens (tertiary/aromatic N) is 1. The molecular weight excluding hydrogens is 244 g/mol. The summed E-state index contributed by atoms with van der Waals surface area (Å²) < 4.78 is 10.7. The number of aliphatic hydroxyl groups is 1. The first-order chi connectivity index (χ1) is 9.01. The van der Waals surface area contributed by atoms with E-state index in [9.17, 15) is 5.11 Å². The van der Waals surface area contributed by atoms with Gasteiger partial charge in [-0.05, 0) is 31.7 Å². The Morgan fingerprint density at radius 3 is 2.42 bits per heavy atom. The van der Waals surface area contributed by atoms with Crippen LogP contribution in [0.5, 0.6) is 11.5 Å². The lowest BCUT2D eigenvalue weighted by molar-refractivity contribution is 0.129. The van der Waals surface area contributed by atoms with Gasteiger partial charge in [-0.15, -0.1) is 0 Å². The number of aryl methyl sites for hydroxylation is 1. The van der Waals surface area contributed by atoms with E-state index in [1.54, 1.807) is 14.2 Å².